The summed E-state index contributed by atoms with van der Waals surface area (Å²) in [5.74, 6) is -0.615. The Morgan fingerprint density at radius 2 is 1.95 bits per heavy atom. The SMILES string of the molecule is CCC(CC)(NC(=O)NC1CCN(C)CC1C)C(=O)O. The Balaban J connectivity index is 2.60. The highest BCUT2D eigenvalue weighted by atomic mass is 16.4. The fraction of sp³-hybridized carbons (Fsp3) is 0.857. The first-order chi connectivity index (χ1) is 9.34. The quantitative estimate of drug-likeness (QED) is 0.710. The van der Waals surface area contributed by atoms with Crippen molar-refractivity contribution in [3.05, 3.63) is 0 Å². The molecule has 20 heavy (non-hydrogen) atoms. The van der Waals surface area contributed by atoms with Crippen LogP contribution in [0.25, 0.3) is 0 Å². The highest BCUT2D eigenvalue weighted by molar-refractivity contribution is 5.86. The molecule has 1 aliphatic heterocycles. The fourth-order valence-corrected chi connectivity index (χ4v) is 2.77. The predicted molar refractivity (Wildman–Crippen MR) is 77.7 cm³/mol. The van der Waals surface area contributed by atoms with Gasteiger partial charge in [-0.1, -0.05) is 20.8 Å². The first kappa shape index (κ1) is 16.8. The third-order valence-corrected chi connectivity index (χ3v) is 4.39. The first-order valence-corrected chi connectivity index (χ1v) is 7.35. The van der Waals surface area contributed by atoms with Gasteiger partial charge in [0.1, 0.15) is 5.54 Å². The minimum absolute atomic E-state index is 0.103. The second-order valence-corrected chi connectivity index (χ2v) is 5.83. The molecule has 2 atom stereocenters. The number of urea groups is 1. The van der Waals surface area contributed by atoms with Crippen molar-refractivity contribution in [3.8, 4) is 0 Å². The molecule has 0 aliphatic carbocycles. The highest BCUT2D eigenvalue weighted by Crippen LogP contribution is 2.17. The molecular weight excluding hydrogens is 258 g/mol. The van der Waals surface area contributed by atoms with Crippen molar-refractivity contribution in [1.29, 1.82) is 0 Å². The van der Waals surface area contributed by atoms with E-state index in [9.17, 15) is 14.7 Å². The Kier molecular flexibility index (Phi) is 5.80. The zero-order chi connectivity index (χ0) is 15.3. The number of carbonyl (C=O) groups excluding carboxylic acids is 1. The van der Waals surface area contributed by atoms with Crippen LogP contribution in [0.1, 0.15) is 40.0 Å². The van der Waals surface area contributed by atoms with E-state index in [0.717, 1.165) is 19.5 Å². The third kappa shape index (κ3) is 3.85. The van der Waals surface area contributed by atoms with E-state index in [2.05, 4.69) is 29.5 Å². The molecule has 6 nitrogen and oxygen atoms in total. The van der Waals surface area contributed by atoms with E-state index in [0.29, 0.717) is 18.8 Å². The zero-order valence-corrected chi connectivity index (χ0v) is 12.9. The van der Waals surface area contributed by atoms with E-state index in [1.165, 1.54) is 0 Å². The molecule has 1 saturated heterocycles. The largest absolute Gasteiger partial charge is 0.480 e. The number of carbonyl (C=O) groups is 2. The molecule has 0 spiro atoms. The summed E-state index contributed by atoms with van der Waals surface area (Å²) < 4.78 is 0. The normalized spacial score (nSPS) is 24.2. The number of nitrogens with one attached hydrogen (secondary N) is 2. The van der Waals surface area contributed by atoms with Gasteiger partial charge < -0.3 is 20.6 Å². The summed E-state index contributed by atoms with van der Waals surface area (Å²) >= 11 is 0. The number of hydrogen-bond donors (Lipinski definition) is 3. The van der Waals surface area contributed by atoms with Crippen molar-refractivity contribution < 1.29 is 14.7 Å². The van der Waals surface area contributed by atoms with E-state index in [4.69, 9.17) is 0 Å². The molecule has 0 aromatic heterocycles. The molecule has 0 radical (unpaired) electrons. The minimum atomic E-state index is -1.17. The van der Waals surface area contributed by atoms with Gasteiger partial charge in [-0.2, -0.15) is 0 Å². The van der Waals surface area contributed by atoms with Gasteiger partial charge in [0, 0.05) is 12.6 Å². The lowest BCUT2D eigenvalue weighted by Gasteiger charge is -2.36. The van der Waals surface area contributed by atoms with Crippen LogP contribution in [0.2, 0.25) is 0 Å². The molecule has 0 aromatic carbocycles. The number of carboxylic acid groups (broad SMARTS) is 1. The molecule has 0 saturated carbocycles. The molecule has 0 bridgehead atoms. The summed E-state index contributed by atoms with van der Waals surface area (Å²) in [7, 11) is 2.07. The minimum Gasteiger partial charge on any atom is -0.480 e. The molecule has 1 aliphatic rings. The van der Waals surface area contributed by atoms with Crippen LogP contribution in [0.5, 0.6) is 0 Å². The Labute approximate surface area is 120 Å². The Morgan fingerprint density at radius 3 is 2.40 bits per heavy atom. The number of hydrogen-bond acceptors (Lipinski definition) is 3. The zero-order valence-electron chi connectivity index (χ0n) is 12.9. The molecular formula is C14H27N3O3. The second-order valence-electron chi connectivity index (χ2n) is 5.83. The van der Waals surface area contributed by atoms with Crippen LogP contribution in [0.3, 0.4) is 0 Å². The number of amides is 2. The Bertz CT molecular complexity index is 356. The van der Waals surface area contributed by atoms with E-state index in [1.54, 1.807) is 13.8 Å². The van der Waals surface area contributed by atoms with E-state index < -0.39 is 11.5 Å². The number of aliphatic carboxylic acids is 1. The lowest BCUT2D eigenvalue weighted by Crippen LogP contribution is -2.59. The van der Waals surface area contributed by atoms with Gasteiger partial charge in [0.2, 0.25) is 0 Å². The van der Waals surface area contributed by atoms with Crippen molar-refractivity contribution >= 4 is 12.0 Å². The van der Waals surface area contributed by atoms with Crippen molar-refractivity contribution in [2.45, 2.75) is 51.6 Å². The smallest absolute Gasteiger partial charge is 0.329 e. The van der Waals surface area contributed by atoms with Crippen LogP contribution < -0.4 is 10.6 Å². The van der Waals surface area contributed by atoms with Gasteiger partial charge in [0.25, 0.3) is 0 Å². The first-order valence-electron chi connectivity index (χ1n) is 7.35. The molecule has 3 N–H and O–H groups in total. The summed E-state index contributed by atoms with van der Waals surface area (Å²) in [6, 6.07) is -0.274. The van der Waals surface area contributed by atoms with Crippen LogP contribution in [0.15, 0.2) is 0 Å². The van der Waals surface area contributed by atoms with Gasteiger partial charge in [-0.25, -0.2) is 9.59 Å². The summed E-state index contributed by atoms with van der Waals surface area (Å²) in [6.07, 6.45) is 1.63. The van der Waals surface area contributed by atoms with Crippen molar-refractivity contribution in [2.75, 3.05) is 20.1 Å². The number of rotatable bonds is 5. The van der Waals surface area contributed by atoms with Crippen molar-refractivity contribution in [3.63, 3.8) is 0 Å². The van der Waals surface area contributed by atoms with Crippen LogP contribution >= 0.6 is 0 Å². The fourth-order valence-electron chi connectivity index (χ4n) is 2.77. The highest BCUT2D eigenvalue weighted by Gasteiger charge is 2.37. The third-order valence-electron chi connectivity index (χ3n) is 4.39. The average molecular weight is 285 g/mol. The van der Waals surface area contributed by atoms with Gasteiger partial charge in [-0.05, 0) is 38.8 Å². The van der Waals surface area contributed by atoms with Gasteiger partial charge in [0.15, 0.2) is 0 Å². The molecule has 2 amide bonds. The number of nitrogens with zero attached hydrogens (tertiary/aromatic N) is 1. The average Bonchev–Trinajstić information content (AvgIpc) is 2.39. The van der Waals surface area contributed by atoms with Crippen molar-refractivity contribution in [1.82, 2.24) is 15.5 Å². The van der Waals surface area contributed by atoms with Gasteiger partial charge in [-0.15, -0.1) is 0 Å². The maximum absolute atomic E-state index is 12.1. The van der Waals surface area contributed by atoms with E-state index in [-0.39, 0.29) is 12.1 Å². The maximum atomic E-state index is 12.1. The second kappa shape index (κ2) is 6.92. The topological polar surface area (TPSA) is 81.7 Å². The maximum Gasteiger partial charge on any atom is 0.329 e. The standard InChI is InChI=1S/C14H27N3O3/c1-5-14(6-2,12(18)19)16-13(20)15-11-7-8-17(4)9-10(11)3/h10-11H,5-9H2,1-4H3,(H,18,19)(H2,15,16,20). The lowest BCUT2D eigenvalue weighted by atomic mass is 9.92. The number of likely N-dealkylation sites (tertiary alicyclic amines) is 1. The summed E-state index contributed by atoms with van der Waals surface area (Å²) in [6.45, 7) is 7.54. The molecule has 0 aromatic rings. The van der Waals surface area contributed by atoms with Gasteiger partial charge in [-0.3, -0.25) is 0 Å². The van der Waals surface area contributed by atoms with Crippen molar-refractivity contribution in [2.24, 2.45) is 5.92 Å². The van der Waals surface area contributed by atoms with E-state index in [1.807, 2.05) is 0 Å². The van der Waals surface area contributed by atoms with Crippen LogP contribution in [-0.4, -0.2) is 53.7 Å². The number of piperidine rings is 1. The van der Waals surface area contributed by atoms with Gasteiger partial charge >= 0.3 is 12.0 Å². The predicted octanol–water partition coefficient (Wildman–Crippen LogP) is 1.27. The summed E-state index contributed by atoms with van der Waals surface area (Å²) in [4.78, 5) is 25.7. The molecule has 6 heteroatoms. The molecule has 1 rings (SSSR count). The van der Waals surface area contributed by atoms with Crippen LogP contribution in [-0.2, 0) is 4.79 Å². The van der Waals surface area contributed by atoms with E-state index >= 15 is 0 Å². The summed E-state index contributed by atoms with van der Waals surface area (Å²) in [5.41, 5.74) is -1.17. The Hall–Kier alpha value is -1.30. The summed E-state index contributed by atoms with van der Waals surface area (Å²) in [5, 5.41) is 14.9. The van der Waals surface area contributed by atoms with Crippen LogP contribution in [0.4, 0.5) is 4.79 Å². The number of carboxylic acids is 1. The molecule has 1 fully saturated rings. The molecule has 1 heterocycles. The van der Waals surface area contributed by atoms with Crippen LogP contribution in [0, 0.1) is 5.92 Å². The lowest BCUT2D eigenvalue weighted by molar-refractivity contribution is -0.144. The molecule has 116 valence electrons. The van der Waals surface area contributed by atoms with Gasteiger partial charge in [0.05, 0.1) is 0 Å². The molecule has 2 unspecified atom stereocenters. The monoisotopic (exact) mass is 285 g/mol. The Morgan fingerprint density at radius 1 is 1.35 bits per heavy atom.